The minimum absolute atomic E-state index is 0.00593. The Morgan fingerprint density at radius 2 is 1.97 bits per heavy atom. The molecule has 9 nitrogen and oxygen atoms in total. The summed E-state index contributed by atoms with van der Waals surface area (Å²) in [4.78, 5) is 22.3. The van der Waals surface area contributed by atoms with Crippen molar-refractivity contribution in [1.29, 1.82) is 0 Å². The van der Waals surface area contributed by atoms with Crippen LogP contribution in [0.25, 0.3) is 16.7 Å². The highest BCUT2D eigenvalue weighted by molar-refractivity contribution is 6.20. The van der Waals surface area contributed by atoms with Gasteiger partial charge in [0.25, 0.3) is 5.91 Å². The second-order valence-corrected chi connectivity index (χ2v) is 6.23. The normalized spacial score (nSPS) is 12.6. The molecule has 2 heterocycles. The van der Waals surface area contributed by atoms with Gasteiger partial charge in [-0.2, -0.15) is 10.2 Å². The lowest BCUT2D eigenvalue weighted by molar-refractivity contribution is -0.117. The summed E-state index contributed by atoms with van der Waals surface area (Å²) in [6.07, 6.45) is 4.64. The van der Waals surface area contributed by atoms with Crippen molar-refractivity contribution in [1.82, 2.24) is 25.3 Å². The standard InChI is InChI=1S/C20H21N7O2/c1-13(12-28)19(27-24-9-10-25-27)26-18(21)14(2)20(29)23-11-16-6-3-5-15-7-4-8-22-17(15)16/h3-10,28H,2,11-12H2,1H3,(H2,21,26)(H,23,29)/b19-13-. The molecule has 3 rings (SSSR count). The SMILES string of the molecule is C=C(C(=O)NCc1cccc2cccnc12)/C(N)=N\C(=C(/C)CO)n1nccn1. The molecule has 29 heavy (non-hydrogen) atoms. The molecular weight excluding hydrogens is 370 g/mol. The van der Waals surface area contributed by atoms with Crippen molar-refractivity contribution < 1.29 is 9.90 Å². The van der Waals surface area contributed by atoms with Gasteiger partial charge in [0.05, 0.1) is 30.1 Å². The number of benzene rings is 1. The highest BCUT2D eigenvalue weighted by Gasteiger charge is 2.14. The van der Waals surface area contributed by atoms with Crippen molar-refractivity contribution in [2.45, 2.75) is 13.5 Å². The zero-order valence-electron chi connectivity index (χ0n) is 15.9. The molecule has 0 spiro atoms. The molecule has 0 fully saturated rings. The van der Waals surface area contributed by atoms with E-state index in [-0.39, 0.29) is 30.4 Å². The van der Waals surface area contributed by atoms with Crippen LogP contribution in [0.15, 0.2) is 71.6 Å². The second kappa shape index (κ2) is 8.89. The summed E-state index contributed by atoms with van der Waals surface area (Å²) in [7, 11) is 0. The van der Waals surface area contributed by atoms with Gasteiger partial charge >= 0.3 is 0 Å². The van der Waals surface area contributed by atoms with Gasteiger partial charge in [-0.3, -0.25) is 9.78 Å². The van der Waals surface area contributed by atoms with Crippen LogP contribution in [-0.2, 0) is 11.3 Å². The predicted molar refractivity (Wildman–Crippen MR) is 110 cm³/mol. The number of rotatable bonds is 7. The zero-order chi connectivity index (χ0) is 20.8. The van der Waals surface area contributed by atoms with E-state index in [9.17, 15) is 9.90 Å². The molecule has 3 aromatic rings. The summed E-state index contributed by atoms with van der Waals surface area (Å²) in [5.41, 5.74) is 8.14. The average Bonchev–Trinajstić information content (AvgIpc) is 3.29. The van der Waals surface area contributed by atoms with Gasteiger partial charge in [0, 0.05) is 18.1 Å². The van der Waals surface area contributed by atoms with Crippen LogP contribution in [0.5, 0.6) is 0 Å². The number of aromatic nitrogens is 4. The Kier molecular flexibility index (Phi) is 6.10. The van der Waals surface area contributed by atoms with Crippen LogP contribution in [0, 0.1) is 0 Å². The second-order valence-electron chi connectivity index (χ2n) is 6.23. The number of aliphatic hydroxyl groups excluding tert-OH is 1. The zero-order valence-corrected chi connectivity index (χ0v) is 15.9. The van der Waals surface area contributed by atoms with E-state index in [1.807, 2.05) is 30.3 Å². The molecule has 0 saturated carbocycles. The molecular formula is C20H21N7O2. The van der Waals surface area contributed by atoms with E-state index < -0.39 is 5.91 Å². The summed E-state index contributed by atoms with van der Waals surface area (Å²) in [6.45, 7) is 5.39. The Labute approximate surface area is 167 Å². The maximum atomic E-state index is 12.5. The van der Waals surface area contributed by atoms with Gasteiger partial charge < -0.3 is 16.2 Å². The first-order valence-electron chi connectivity index (χ1n) is 8.82. The molecule has 1 aromatic carbocycles. The van der Waals surface area contributed by atoms with E-state index in [0.717, 1.165) is 16.5 Å². The summed E-state index contributed by atoms with van der Waals surface area (Å²) in [5, 5.41) is 21.2. The Bertz CT molecular complexity index is 1100. The monoisotopic (exact) mass is 391 g/mol. The lowest BCUT2D eigenvalue weighted by atomic mass is 10.1. The maximum Gasteiger partial charge on any atom is 0.254 e. The summed E-state index contributed by atoms with van der Waals surface area (Å²) >= 11 is 0. The van der Waals surface area contributed by atoms with Crippen LogP contribution in [-0.4, -0.2) is 43.4 Å². The highest BCUT2D eigenvalue weighted by Crippen LogP contribution is 2.16. The summed E-state index contributed by atoms with van der Waals surface area (Å²) in [6, 6.07) is 9.57. The van der Waals surface area contributed by atoms with Gasteiger partial charge in [0.15, 0.2) is 5.82 Å². The van der Waals surface area contributed by atoms with Crippen molar-refractivity contribution >= 4 is 28.5 Å². The largest absolute Gasteiger partial charge is 0.392 e. The molecule has 1 amide bonds. The van der Waals surface area contributed by atoms with E-state index in [1.54, 1.807) is 13.1 Å². The number of amides is 1. The number of aliphatic imine (C=N–C) groups is 1. The van der Waals surface area contributed by atoms with Crippen molar-refractivity contribution in [2.24, 2.45) is 10.7 Å². The smallest absolute Gasteiger partial charge is 0.254 e. The quantitative estimate of drug-likeness (QED) is 0.315. The number of nitrogens with one attached hydrogen (secondary N) is 1. The molecule has 0 aliphatic heterocycles. The van der Waals surface area contributed by atoms with E-state index in [1.165, 1.54) is 17.2 Å². The maximum absolute atomic E-state index is 12.5. The molecule has 0 aliphatic rings. The fraction of sp³-hybridized carbons (Fsp3) is 0.150. The molecule has 2 aromatic heterocycles. The van der Waals surface area contributed by atoms with Gasteiger partial charge in [-0.05, 0) is 24.1 Å². The molecule has 0 unspecified atom stereocenters. The molecule has 0 radical (unpaired) electrons. The lowest BCUT2D eigenvalue weighted by Crippen LogP contribution is -2.31. The Hall–Kier alpha value is -3.85. The Morgan fingerprint density at radius 1 is 1.24 bits per heavy atom. The van der Waals surface area contributed by atoms with E-state index in [4.69, 9.17) is 5.73 Å². The van der Waals surface area contributed by atoms with Crippen molar-refractivity contribution in [2.75, 3.05) is 6.61 Å². The highest BCUT2D eigenvalue weighted by atomic mass is 16.3. The van der Waals surface area contributed by atoms with E-state index in [0.29, 0.717) is 5.57 Å². The number of fused-ring (bicyclic) bond motifs is 1. The molecule has 4 N–H and O–H groups in total. The number of pyridine rings is 1. The number of carbonyl (C=O) groups excluding carboxylic acids is 1. The minimum Gasteiger partial charge on any atom is -0.392 e. The van der Waals surface area contributed by atoms with Gasteiger partial charge in [-0.25, -0.2) is 4.99 Å². The Morgan fingerprint density at radius 3 is 2.69 bits per heavy atom. The first-order valence-corrected chi connectivity index (χ1v) is 8.82. The molecule has 0 aliphatic carbocycles. The third-order valence-corrected chi connectivity index (χ3v) is 4.19. The third kappa shape index (κ3) is 4.53. The van der Waals surface area contributed by atoms with Crippen LogP contribution in [0.2, 0.25) is 0 Å². The lowest BCUT2D eigenvalue weighted by Gasteiger charge is -2.10. The number of hydrogen-bond donors (Lipinski definition) is 3. The molecule has 0 atom stereocenters. The van der Waals surface area contributed by atoms with Crippen molar-refractivity contribution in [3.63, 3.8) is 0 Å². The molecule has 0 bridgehead atoms. The van der Waals surface area contributed by atoms with Crippen LogP contribution >= 0.6 is 0 Å². The summed E-state index contributed by atoms with van der Waals surface area (Å²) < 4.78 is 0. The summed E-state index contributed by atoms with van der Waals surface area (Å²) in [5.74, 6) is -0.338. The number of carbonyl (C=O) groups is 1. The van der Waals surface area contributed by atoms with Gasteiger partial charge in [-0.15, -0.1) is 4.80 Å². The van der Waals surface area contributed by atoms with E-state index in [2.05, 4.69) is 32.1 Å². The number of amidine groups is 1. The number of hydrogen-bond acceptors (Lipinski definition) is 6. The fourth-order valence-electron chi connectivity index (χ4n) is 2.60. The van der Waals surface area contributed by atoms with Crippen LogP contribution < -0.4 is 11.1 Å². The van der Waals surface area contributed by atoms with Crippen LogP contribution in [0.3, 0.4) is 0 Å². The predicted octanol–water partition coefficient (Wildman–Crippen LogP) is 1.24. The van der Waals surface area contributed by atoms with E-state index >= 15 is 0 Å². The van der Waals surface area contributed by atoms with Crippen molar-refractivity contribution in [3.05, 3.63) is 72.2 Å². The van der Waals surface area contributed by atoms with Gasteiger partial charge in [-0.1, -0.05) is 30.8 Å². The van der Waals surface area contributed by atoms with Crippen LogP contribution in [0.4, 0.5) is 0 Å². The number of para-hydroxylation sites is 1. The fourth-order valence-corrected chi connectivity index (χ4v) is 2.60. The van der Waals surface area contributed by atoms with Crippen LogP contribution in [0.1, 0.15) is 12.5 Å². The number of aliphatic hydroxyl groups is 1. The Balaban J connectivity index is 1.75. The van der Waals surface area contributed by atoms with Gasteiger partial charge in [0.2, 0.25) is 0 Å². The molecule has 9 heteroatoms. The third-order valence-electron chi connectivity index (χ3n) is 4.19. The average molecular weight is 391 g/mol. The number of nitrogens with two attached hydrogens (primary N) is 1. The van der Waals surface area contributed by atoms with Crippen molar-refractivity contribution in [3.8, 4) is 0 Å². The first-order chi connectivity index (χ1) is 14.0. The first kappa shape index (κ1) is 19.9. The number of nitrogens with zero attached hydrogens (tertiary/aromatic N) is 5. The topological polar surface area (TPSA) is 131 Å². The molecule has 0 saturated heterocycles. The molecule has 148 valence electrons. The minimum atomic E-state index is -0.464. The van der Waals surface area contributed by atoms with Gasteiger partial charge in [0.1, 0.15) is 5.84 Å².